The minimum absolute atomic E-state index is 0.266. The van der Waals surface area contributed by atoms with E-state index in [1.165, 1.54) is 6.07 Å². The van der Waals surface area contributed by atoms with Crippen molar-refractivity contribution in [1.29, 1.82) is 0 Å². The van der Waals surface area contributed by atoms with Crippen LogP contribution in [-0.4, -0.2) is 30.4 Å². The lowest BCUT2D eigenvalue weighted by molar-refractivity contribution is 0.217. The molecule has 0 radical (unpaired) electrons. The van der Waals surface area contributed by atoms with Gasteiger partial charge in [-0.25, -0.2) is 4.39 Å². The van der Waals surface area contributed by atoms with Gasteiger partial charge < -0.3 is 19.5 Å². The highest BCUT2D eigenvalue weighted by atomic mass is 19.1. The van der Waals surface area contributed by atoms with E-state index in [1.807, 2.05) is 0 Å². The molecule has 0 aliphatic heterocycles. The van der Waals surface area contributed by atoms with E-state index in [1.54, 1.807) is 43.3 Å². The summed E-state index contributed by atoms with van der Waals surface area (Å²) in [6.07, 6.45) is 0. The van der Waals surface area contributed by atoms with Gasteiger partial charge in [0.05, 0.1) is 0 Å². The summed E-state index contributed by atoms with van der Waals surface area (Å²) >= 11 is 0. The molecule has 2 N–H and O–H groups in total. The van der Waals surface area contributed by atoms with Crippen LogP contribution in [0, 0.1) is 12.7 Å². The van der Waals surface area contributed by atoms with Crippen molar-refractivity contribution in [3.8, 4) is 11.5 Å². The molecular formula is C15H16BFO4. The highest BCUT2D eigenvalue weighted by Crippen LogP contribution is 2.16. The Hall–Kier alpha value is -2.05. The van der Waals surface area contributed by atoms with Crippen molar-refractivity contribution < 1.29 is 23.9 Å². The molecule has 0 atom stereocenters. The summed E-state index contributed by atoms with van der Waals surface area (Å²) in [6.45, 7) is 2.27. The average molecular weight is 290 g/mol. The van der Waals surface area contributed by atoms with Gasteiger partial charge in [0, 0.05) is 0 Å². The number of halogens is 1. The third-order valence-electron chi connectivity index (χ3n) is 2.91. The molecule has 110 valence electrons. The predicted molar refractivity (Wildman–Crippen MR) is 78.4 cm³/mol. The van der Waals surface area contributed by atoms with Gasteiger partial charge in [-0.2, -0.15) is 0 Å². The Morgan fingerprint density at radius 3 is 2.29 bits per heavy atom. The van der Waals surface area contributed by atoms with Crippen LogP contribution in [-0.2, 0) is 0 Å². The molecule has 0 amide bonds. The maximum absolute atomic E-state index is 13.1. The Labute approximate surface area is 122 Å². The third-order valence-corrected chi connectivity index (χ3v) is 2.91. The van der Waals surface area contributed by atoms with E-state index in [2.05, 4.69) is 0 Å². The zero-order valence-corrected chi connectivity index (χ0v) is 11.6. The van der Waals surface area contributed by atoms with E-state index in [0.29, 0.717) is 35.7 Å². The number of rotatable bonds is 6. The van der Waals surface area contributed by atoms with Crippen molar-refractivity contribution in [3.63, 3.8) is 0 Å². The molecule has 2 aromatic rings. The Bertz CT molecular complexity index is 604. The number of ether oxygens (including phenoxy) is 2. The maximum Gasteiger partial charge on any atom is 0.488 e. The number of hydrogen-bond donors (Lipinski definition) is 2. The molecular weight excluding hydrogens is 274 g/mol. The van der Waals surface area contributed by atoms with E-state index in [9.17, 15) is 4.39 Å². The van der Waals surface area contributed by atoms with E-state index in [-0.39, 0.29) is 5.82 Å². The first kappa shape index (κ1) is 15.3. The summed E-state index contributed by atoms with van der Waals surface area (Å²) in [5, 5.41) is 18.1. The molecule has 0 fully saturated rings. The Morgan fingerprint density at radius 2 is 1.67 bits per heavy atom. The molecule has 0 spiro atoms. The molecule has 0 unspecified atom stereocenters. The topological polar surface area (TPSA) is 58.9 Å². The average Bonchev–Trinajstić information content (AvgIpc) is 2.47. The molecule has 0 aromatic heterocycles. The predicted octanol–water partition coefficient (Wildman–Crippen LogP) is 1.27. The Balaban J connectivity index is 1.81. The van der Waals surface area contributed by atoms with Gasteiger partial charge in [-0.1, -0.05) is 12.1 Å². The molecule has 0 aliphatic carbocycles. The maximum atomic E-state index is 13.1. The molecule has 4 nitrogen and oxygen atoms in total. The summed E-state index contributed by atoms with van der Waals surface area (Å²) in [5.74, 6) is 0.842. The van der Waals surface area contributed by atoms with Gasteiger partial charge in [0.2, 0.25) is 0 Å². The molecule has 6 heteroatoms. The van der Waals surface area contributed by atoms with E-state index < -0.39 is 7.12 Å². The van der Waals surface area contributed by atoms with Crippen molar-refractivity contribution in [3.05, 3.63) is 53.8 Å². The quantitative estimate of drug-likeness (QED) is 0.621. The fourth-order valence-corrected chi connectivity index (χ4v) is 1.79. The lowest BCUT2D eigenvalue weighted by atomic mass is 9.80. The van der Waals surface area contributed by atoms with Gasteiger partial charge >= 0.3 is 7.12 Å². The van der Waals surface area contributed by atoms with Crippen LogP contribution in [0.2, 0.25) is 0 Å². The van der Waals surface area contributed by atoms with Crippen LogP contribution in [0.25, 0.3) is 0 Å². The van der Waals surface area contributed by atoms with Crippen LogP contribution in [0.1, 0.15) is 5.56 Å². The second-order valence-corrected chi connectivity index (χ2v) is 4.55. The van der Waals surface area contributed by atoms with Crippen LogP contribution >= 0.6 is 0 Å². The van der Waals surface area contributed by atoms with Crippen LogP contribution in [0.5, 0.6) is 11.5 Å². The van der Waals surface area contributed by atoms with Crippen molar-refractivity contribution >= 4 is 12.6 Å². The largest absolute Gasteiger partial charge is 0.490 e. The first-order valence-corrected chi connectivity index (χ1v) is 6.54. The van der Waals surface area contributed by atoms with Crippen LogP contribution < -0.4 is 14.9 Å². The zero-order valence-electron chi connectivity index (χ0n) is 11.6. The lowest BCUT2D eigenvalue weighted by Crippen LogP contribution is -2.29. The van der Waals surface area contributed by atoms with Crippen molar-refractivity contribution in [2.24, 2.45) is 0 Å². The van der Waals surface area contributed by atoms with Gasteiger partial charge in [0.25, 0.3) is 0 Å². The lowest BCUT2D eigenvalue weighted by Gasteiger charge is -2.10. The minimum atomic E-state index is -1.52. The standard InChI is InChI=1S/C15H16BFO4/c1-11-9-14(5-6-15(11)17)21-8-7-20-13-4-2-3-12(10-13)16(18)19/h2-6,9-10,18-19H,7-8H2,1H3. The summed E-state index contributed by atoms with van der Waals surface area (Å²) < 4.78 is 24.0. The molecule has 0 saturated carbocycles. The second-order valence-electron chi connectivity index (χ2n) is 4.55. The number of benzene rings is 2. The van der Waals surface area contributed by atoms with Crippen molar-refractivity contribution in [1.82, 2.24) is 0 Å². The van der Waals surface area contributed by atoms with Crippen LogP contribution in [0.15, 0.2) is 42.5 Å². The van der Waals surface area contributed by atoms with Gasteiger partial charge in [-0.15, -0.1) is 0 Å². The number of aryl methyl sites for hydroxylation is 1. The van der Waals surface area contributed by atoms with Crippen LogP contribution in [0.4, 0.5) is 4.39 Å². The molecule has 0 bridgehead atoms. The monoisotopic (exact) mass is 290 g/mol. The summed E-state index contributed by atoms with van der Waals surface area (Å²) in [6, 6.07) is 11.1. The summed E-state index contributed by atoms with van der Waals surface area (Å²) in [5.41, 5.74) is 0.889. The fraction of sp³-hybridized carbons (Fsp3) is 0.200. The Morgan fingerprint density at radius 1 is 1.00 bits per heavy atom. The SMILES string of the molecule is Cc1cc(OCCOc2cccc(B(O)O)c2)ccc1F. The first-order chi connectivity index (χ1) is 10.1. The van der Waals surface area contributed by atoms with Gasteiger partial charge in [0.15, 0.2) is 0 Å². The number of hydrogen-bond acceptors (Lipinski definition) is 4. The van der Waals surface area contributed by atoms with Crippen molar-refractivity contribution in [2.45, 2.75) is 6.92 Å². The molecule has 2 aromatic carbocycles. The van der Waals surface area contributed by atoms with E-state index in [0.717, 1.165) is 0 Å². The third kappa shape index (κ3) is 4.48. The molecule has 21 heavy (non-hydrogen) atoms. The van der Waals surface area contributed by atoms with Gasteiger partial charge in [-0.05, 0) is 48.3 Å². The molecule has 0 aliphatic rings. The zero-order chi connectivity index (χ0) is 15.2. The second kappa shape index (κ2) is 7.10. The van der Waals surface area contributed by atoms with Crippen LogP contribution in [0.3, 0.4) is 0 Å². The highest BCUT2D eigenvalue weighted by molar-refractivity contribution is 6.58. The minimum Gasteiger partial charge on any atom is -0.490 e. The fourth-order valence-electron chi connectivity index (χ4n) is 1.79. The van der Waals surface area contributed by atoms with E-state index in [4.69, 9.17) is 19.5 Å². The van der Waals surface area contributed by atoms with Gasteiger partial charge in [0.1, 0.15) is 30.5 Å². The first-order valence-electron chi connectivity index (χ1n) is 6.54. The normalized spacial score (nSPS) is 10.3. The summed E-state index contributed by atoms with van der Waals surface area (Å²) in [4.78, 5) is 0. The Kier molecular flexibility index (Phi) is 5.19. The molecule has 0 saturated heterocycles. The summed E-state index contributed by atoms with van der Waals surface area (Å²) in [7, 11) is -1.52. The van der Waals surface area contributed by atoms with Crippen molar-refractivity contribution in [2.75, 3.05) is 13.2 Å². The highest BCUT2D eigenvalue weighted by Gasteiger charge is 2.10. The molecule has 0 heterocycles. The smallest absolute Gasteiger partial charge is 0.488 e. The molecule has 2 rings (SSSR count). The van der Waals surface area contributed by atoms with Gasteiger partial charge in [-0.3, -0.25) is 0 Å². The van der Waals surface area contributed by atoms with E-state index >= 15 is 0 Å².